The number of rotatable bonds is 10. The fourth-order valence-electron chi connectivity index (χ4n) is 11.3. The summed E-state index contributed by atoms with van der Waals surface area (Å²) in [6.45, 7) is 3.90. The maximum absolute atomic E-state index is 15.2. The zero-order valence-electron chi connectivity index (χ0n) is 37.1. The Bertz CT molecular complexity index is 2600. The van der Waals surface area contributed by atoms with Crippen molar-refractivity contribution < 1.29 is 50.9 Å². The van der Waals surface area contributed by atoms with Gasteiger partial charge in [-0.3, -0.25) is 19.1 Å². The molecule has 5 saturated carbocycles. The largest absolute Gasteiger partial charge is 0.497 e. The van der Waals surface area contributed by atoms with Crippen molar-refractivity contribution in [3.8, 4) is 28.6 Å². The second-order valence-electron chi connectivity index (χ2n) is 20.0. The summed E-state index contributed by atoms with van der Waals surface area (Å²) in [7, 11) is -1.03. The Hall–Kier alpha value is -5.45. The number of sulfonamides is 1. The Morgan fingerprint density at radius 3 is 2.42 bits per heavy atom. The van der Waals surface area contributed by atoms with E-state index < -0.39 is 74.5 Å². The van der Waals surface area contributed by atoms with E-state index in [0.29, 0.717) is 64.3 Å². The third-order valence-corrected chi connectivity index (χ3v) is 17.2. The van der Waals surface area contributed by atoms with Crippen LogP contribution in [0.4, 0.5) is 9.18 Å². The van der Waals surface area contributed by atoms with Crippen LogP contribution in [0.5, 0.6) is 17.4 Å². The summed E-state index contributed by atoms with van der Waals surface area (Å²) in [6, 6.07) is 9.33. The van der Waals surface area contributed by atoms with Gasteiger partial charge in [0.25, 0.3) is 5.91 Å². The summed E-state index contributed by atoms with van der Waals surface area (Å²) in [5, 5.41) is 6.45. The van der Waals surface area contributed by atoms with Gasteiger partial charge in [0.15, 0.2) is 11.6 Å². The molecule has 7 atom stereocenters. The van der Waals surface area contributed by atoms with Gasteiger partial charge in [0.2, 0.25) is 27.7 Å². The Kier molecular flexibility index (Phi) is 10.6. The first-order valence-corrected chi connectivity index (χ1v) is 24.4. The number of carbonyl (C=O) groups excluding carboxylic acids is 4. The Balaban J connectivity index is 0.982. The number of pyridine rings is 1. The van der Waals surface area contributed by atoms with Crippen molar-refractivity contribution in [2.75, 3.05) is 20.8 Å². The van der Waals surface area contributed by atoms with Crippen LogP contribution in [-0.2, 0) is 29.1 Å². The fraction of sp³-hybridized carbons (Fsp3) is 0.562. The zero-order chi connectivity index (χ0) is 45.6. The van der Waals surface area contributed by atoms with Crippen molar-refractivity contribution in [2.45, 2.75) is 120 Å². The second kappa shape index (κ2) is 15.9. The fourth-order valence-corrected chi connectivity index (χ4v) is 12.6. The van der Waals surface area contributed by atoms with E-state index in [1.165, 1.54) is 37.0 Å². The third-order valence-electron chi connectivity index (χ3n) is 15.4. The van der Waals surface area contributed by atoms with E-state index in [-0.39, 0.29) is 49.0 Å². The molecular formula is C48H56FN5O10S. The molecule has 0 unspecified atom stereocenters. The van der Waals surface area contributed by atoms with Gasteiger partial charge >= 0.3 is 6.09 Å². The highest BCUT2D eigenvalue weighted by molar-refractivity contribution is 7.91. The third kappa shape index (κ3) is 8.05. The summed E-state index contributed by atoms with van der Waals surface area (Å²) in [5.74, 6) is -2.50. The van der Waals surface area contributed by atoms with Gasteiger partial charge in [0.1, 0.15) is 35.6 Å². The van der Waals surface area contributed by atoms with E-state index in [1.54, 1.807) is 37.4 Å². The number of fused-ring (bicyclic) bond motifs is 3. The molecule has 1 saturated heterocycles. The number of methoxy groups -OCH3 is 2. The number of amides is 4. The lowest BCUT2D eigenvalue weighted by Crippen LogP contribution is -2.59. The topological polar surface area (TPSA) is 192 Å². The maximum Gasteiger partial charge on any atom is 0.408 e. The lowest BCUT2D eigenvalue weighted by Gasteiger charge is -2.33. The molecule has 3 N–H and O–H groups in total. The van der Waals surface area contributed by atoms with Gasteiger partial charge in [-0.05, 0) is 135 Å². The van der Waals surface area contributed by atoms with Crippen LogP contribution in [0.15, 0.2) is 54.6 Å². The predicted octanol–water partition coefficient (Wildman–Crippen LogP) is 5.94. The molecule has 3 aromatic rings. The lowest BCUT2D eigenvalue weighted by atomic mass is 9.88. The molecule has 2 aromatic carbocycles. The minimum absolute atomic E-state index is 0.0366. The van der Waals surface area contributed by atoms with Gasteiger partial charge in [-0.2, -0.15) is 0 Å². The first-order chi connectivity index (χ1) is 31.0. The van der Waals surface area contributed by atoms with Crippen LogP contribution in [0, 0.1) is 34.4 Å². The van der Waals surface area contributed by atoms with Crippen molar-refractivity contribution in [3.05, 3.63) is 60.4 Å². The van der Waals surface area contributed by atoms with Crippen LogP contribution in [0.1, 0.15) is 84.5 Å². The van der Waals surface area contributed by atoms with Gasteiger partial charge in [0.05, 0.1) is 31.7 Å². The van der Waals surface area contributed by atoms with Gasteiger partial charge in [-0.1, -0.05) is 26.0 Å². The van der Waals surface area contributed by atoms with Gasteiger partial charge in [-0.15, -0.1) is 0 Å². The molecule has 15 nitrogen and oxygen atoms in total. The molecule has 0 bridgehead atoms. The smallest absolute Gasteiger partial charge is 0.408 e. The van der Waals surface area contributed by atoms with Crippen LogP contribution >= 0.6 is 0 Å². The van der Waals surface area contributed by atoms with E-state index in [1.807, 2.05) is 19.1 Å². The van der Waals surface area contributed by atoms with Gasteiger partial charge < -0.3 is 34.5 Å². The van der Waals surface area contributed by atoms with E-state index >= 15 is 9.18 Å². The van der Waals surface area contributed by atoms with Crippen molar-refractivity contribution in [1.82, 2.24) is 25.2 Å². The van der Waals surface area contributed by atoms with Gasteiger partial charge in [0, 0.05) is 23.3 Å². The molecule has 17 heteroatoms. The number of carbonyl (C=O) groups is 4. The van der Waals surface area contributed by atoms with Crippen molar-refractivity contribution >= 4 is 44.6 Å². The normalized spacial score (nSPS) is 34.3. The number of nitrogens with one attached hydrogen (secondary N) is 3. The van der Waals surface area contributed by atoms with E-state index in [0.717, 1.165) is 19.3 Å². The number of halogens is 1. The van der Waals surface area contributed by atoms with E-state index in [2.05, 4.69) is 22.3 Å². The summed E-state index contributed by atoms with van der Waals surface area (Å²) in [6.07, 6.45) is 9.17. The minimum Gasteiger partial charge on any atom is -0.497 e. The number of benzene rings is 2. The van der Waals surface area contributed by atoms with Gasteiger partial charge in [-0.25, -0.2) is 22.6 Å². The number of alkyl carbamates (subject to hydrolysis) is 1. The standard InChI is InChI=1S/C48H56FN5O10S/c1-26-7-5-6-8-30-20-48(30,44(57)53-65(59,60)34-11-12-34)52-41(55)38-19-32(23-54(38)43(56)40(27(2)15-26)51-45(58)64-33-21-46-24-47(46,22-33)25-46)63-42-35-13-10-31(61-3)16-29(35)18-37(50-42)28-9-14-39(62-4)36(49)17-28/h6,8-10,13-14,16-18,26-27,30,32-34,38,40H,5,7,11-12,15,19-25H2,1-4H3,(H,51,58)(H,52,55)(H,53,57)/b8-6-/t26-,27+,30+,32+,33?,38-,40-,46?,47?,48+/m0/s1. The summed E-state index contributed by atoms with van der Waals surface area (Å²) in [4.78, 5) is 63.9. The molecule has 346 valence electrons. The van der Waals surface area contributed by atoms with Crippen molar-refractivity contribution in [3.63, 3.8) is 0 Å². The van der Waals surface area contributed by atoms with E-state index in [4.69, 9.17) is 23.9 Å². The number of aromatic nitrogens is 1. The van der Waals surface area contributed by atoms with Crippen LogP contribution < -0.4 is 29.6 Å². The molecule has 10 rings (SSSR count). The first kappa shape index (κ1) is 43.4. The Morgan fingerprint density at radius 1 is 0.938 bits per heavy atom. The molecule has 0 radical (unpaired) electrons. The highest BCUT2D eigenvalue weighted by atomic mass is 32.2. The zero-order valence-corrected chi connectivity index (χ0v) is 37.9. The Morgan fingerprint density at radius 2 is 1.71 bits per heavy atom. The van der Waals surface area contributed by atoms with Crippen molar-refractivity contribution in [2.24, 2.45) is 28.6 Å². The molecular weight excluding hydrogens is 858 g/mol. The summed E-state index contributed by atoms with van der Waals surface area (Å²) < 4.78 is 66.7. The SMILES string of the molecule is COc1ccc2c(O[C@@H]3C[C@H]4C(=O)N[C@]5(C(=O)NS(=O)(=O)C6CC6)C[C@H]5/C=C\CC[C@H](C)C[C@@H](C)[C@H](NC(=O)OC5CC67CC6(C5)C7)C(=O)N4C3)nc(-c3ccc(OC)c(F)c3)cc2c1. The number of ether oxygens (including phenoxy) is 4. The molecule has 7 aliphatic rings. The highest BCUT2D eigenvalue weighted by Crippen LogP contribution is 2.93. The molecule has 3 heterocycles. The van der Waals surface area contributed by atoms with Crippen LogP contribution in [-0.4, -0.2) is 98.0 Å². The monoisotopic (exact) mass is 913 g/mol. The molecule has 1 aromatic heterocycles. The summed E-state index contributed by atoms with van der Waals surface area (Å²) in [5.41, 5.74) is -0.0848. The predicted molar refractivity (Wildman–Crippen MR) is 236 cm³/mol. The summed E-state index contributed by atoms with van der Waals surface area (Å²) >= 11 is 0. The molecule has 65 heavy (non-hydrogen) atoms. The number of allylic oxidation sites excluding steroid dienone is 1. The number of hydrogen-bond donors (Lipinski definition) is 3. The molecule has 0 spiro atoms. The lowest BCUT2D eigenvalue weighted by molar-refractivity contribution is -0.142. The van der Waals surface area contributed by atoms with Crippen LogP contribution in [0.2, 0.25) is 0 Å². The number of hydrogen-bond acceptors (Lipinski definition) is 11. The average molecular weight is 914 g/mol. The maximum atomic E-state index is 15.2. The Labute approximate surface area is 377 Å². The second-order valence-corrected chi connectivity index (χ2v) is 21.9. The first-order valence-electron chi connectivity index (χ1n) is 22.9. The quantitative estimate of drug-likeness (QED) is 0.204. The van der Waals surface area contributed by atoms with Crippen LogP contribution in [0.25, 0.3) is 22.0 Å². The van der Waals surface area contributed by atoms with E-state index in [9.17, 15) is 22.8 Å². The minimum atomic E-state index is -3.95. The van der Waals surface area contributed by atoms with Crippen LogP contribution in [0.3, 0.4) is 0 Å². The average Bonchev–Trinajstić information content (AvgIpc) is 4.22. The molecule has 4 amide bonds. The number of nitrogens with zero attached hydrogens (tertiary/aromatic N) is 2. The molecule has 5 aliphatic carbocycles. The highest BCUT2D eigenvalue weighted by Gasteiger charge is 2.86. The van der Waals surface area contributed by atoms with Crippen molar-refractivity contribution in [1.29, 1.82) is 0 Å². The molecule has 2 aliphatic heterocycles. The molecule has 6 fully saturated rings.